The van der Waals surface area contributed by atoms with Gasteiger partial charge < -0.3 is 4.90 Å². The summed E-state index contributed by atoms with van der Waals surface area (Å²) in [5.41, 5.74) is 4.61. The zero-order valence-electron chi connectivity index (χ0n) is 18.7. The number of carbonyl (C=O) groups excluding carboxylic acids is 1. The molecule has 1 amide bonds. The van der Waals surface area contributed by atoms with E-state index in [0.29, 0.717) is 17.0 Å². The topological polar surface area (TPSA) is 57.7 Å². The molecule has 1 heterocycles. The Bertz CT molecular complexity index is 1220. The lowest BCUT2D eigenvalue weighted by Gasteiger charge is -2.23. The number of amides is 1. The molecule has 1 aliphatic rings. The normalized spacial score (nSPS) is 15.8. The molecule has 4 rings (SSSR count). The average Bonchev–Trinajstić information content (AvgIpc) is 3.13. The van der Waals surface area contributed by atoms with Gasteiger partial charge in [-0.2, -0.15) is 4.31 Å². The van der Waals surface area contributed by atoms with Crippen molar-refractivity contribution in [2.24, 2.45) is 0 Å². The van der Waals surface area contributed by atoms with Crippen LogP contribution in [-0.4, -0.2) is 31.2 Å². The van der Waals surface area contributed by atoms with E-state index in [0.717, 1.165) is 23.2 Å². The molecule has 0 bridgehead atoms. The third-order valence-electron chi connectivity index (χ3n) is 6.00. The van der Waals surface area contributed by atoms with Crippen molar-refractivity contribution in [3.05, 3.63) is 95.1 Å². The van der Waals surface area contributed by atoms with Crippen LogP contribution in [0.4, 0.5) is 5.69 Å². The molecule has 0 aromatic heterocycles. The van der Waals surface area contributed by atoms with Gasteiger partial charge in [0.1, 0.15) is 0 Å². The van der Waals surface area contributed by atoms with E-state index < -0.39 is 10.0 Å². The first kappa shape index (κ1) is 22.2. The number of sulfonamides is 1. The van der Waals surface area contributed by atoms with Crippen LogP contribution in [0, 0.1) is 6.92 Å². The number of aryl methyl sites for hydroxylation is 1. The predicted molar refractivity (Wildman–Crippen MR) is 127 cm³/mol. The maximum atomic E-state index is 13.2. The quantitative estimate of drug-likeness (QED) is 0.544. The van der Waals surface area contributed by atoms with Gasteiger partial charge in [-0.05, 0) is 61.7 Å². The van der Waals surface area contributed by atoms with Crippen molar-refractivity contribution in [1.82, 2.24) is 4.31 Å². The fraction of sp³-hybridized carbons (Fsp3) is 0.269. The summed E-state index contributed by atoms with van der Waals surface area (Å²) in [5.74, 6) is -0.0337. The summed E-state index contributed by atoms with van der Waals surface area (Å²) < 4.78 is 27.5. The van der Waals surface area contributed by atoms with Gasteiger partial charge in [0.05, 0.1) is 4.90 Å². The van der Waals surface area contributed by atoms with Crippen LogP contribution in [0.25, 0.3) is 0 Å². The van der Waals surface area contributed by atoms with E-state index in [1.54, 1.807) is 36.4 Å². The van der Waals surface area contributed by atoms with E-state index in [1.165, 1.54) is 9.87 Å². The molecule has 0 spiro atoms. The van der Waals surface area contributed by atoms with Gasteiger partial charge in [-0.25, -0.2) is 8.42 Å². The van der Waals surface area contributed by atoms with E-state index in [2.05, 4.69) is 13.0 Å². The smallest absolute Gasteiger partial charge is 0.258 e. The number of hydrogen-bond donors (Lipinski definition) is 0. The van der Waals surface area contributed by atoms with Gasteiger partial charge in [-0.15, -0.1) is 0 Å². The molecular formula is C26H28N2O3S. The number of rotatable bonds is 6. The molecule has 3 aromatic rings. The largest absolute Gasteiger partial charge is 0.305 e. The van der Waals surface area contributed by atoms with E-state index in [-0.39, 0.29) is 18.5 Å². The van der Waals surface area contributed by atoms with Crippen LogP contribution in [0.1, 0.15) is 40.9 Å². The summed E-state index contributed by atoms with van der Waals surface area (Å²) in [6.07, 6.45) is 0.850. The third-order valence-corrected chi connectivity index (χ3v) is 7.93. The third kappa shape index (κ3) is 4.20. The summed E-state index contributed by atoms with van der Waals surface area (Å²) in [6, 6.07) is 22.3. The summed E-state index contributed by atoms with van der Waals surface area (Å²) in [4.78, 5) is 15.3. The zero-order chi connectivity index (χ0) is 22.9. The number of nitrogens with zero attached hydrogens (tertiary/aromatic N) is 2. The maximum Gasteiger partial charge on any atom is 0.258 e. The van der Waals surface area contributed by atoms with Gasteiger partial charge >= 0.3 is 0 Å². The van der Waals surface area contributed by atoms with E-state index in [9.17, 15) is 13.2 Å². The minimum atomic E-state index is -3.59. The lowest BCUT2D eigenvalue weighted by Crippen LogP contribution is -2.35. The highest BCUT2D eigenvalue weighted by atomic mass is 32.2. The Labute approximate surface area is 190 Å². The second-order valence-corrected chi connectivity index (χ2v) is 10.2. The van der Waals surface area contributed by atoms with Gasteiger partial charge in [-0.3, -0.25) is 4.79 Å². The fourth-order valence-corrected chi connectivity index (χ4v) is 5.63. The molecule has 0 unspecified atom stereocenters. The summed E-state index contributed by atoms with van der Waals surface area (Å²) in [7, 11) is -3.59. The van der Waals surface area contributed by atoms with Gasteiger partial charge in [-0.1, -0.05) is 55.0 Å². The molecule has 0 saturated heterocycles. The van der Waals surface area contributed by atoms with Crippen molar-refractivity contribution in [3.63, 3.8) is 0 Å². The van der Waals surface area contributed by atoms with Crippen molar-refractivity contribution in [1.29, 1.82) is 0 Å². The van der Waals surface area contributed by atoms with Gasteiger partial charge in [0.25, 0.3) is 5.91 Å². The molecule has 1 atom stereocenters. The van der Waals surface area contributed by atoms with Crippen molar-refractivity contribution < 1.29 is 13.2 Å². The van der Waals surface area contributed by atoms with E-state index in [1.807, 2.05) is 49.1 Å². The molecule has 0 radical (unpaired) electrons. The van der Waals surface area contributed by atoms with Crippen molar-refractivity contribution in [2.45, 2.75) is 44.7 Å². The van der Waals surface area contributed by atoms with Crippen molar-refractivity contribution >= 4 is 21.6 Å². The molecule has 0 fully saturated rings. The van der Waals surface area contributed by atoms with Crippen LogP contribution in [0.5, 0.6) is 0 Å². The number of carbonyl (C=O) groups is 1. The second kappa shape index (κ2) is 8.88. The number of anilines is 1. The molecule has 3 aromatic carbocycles. The highest BCUT2D eigenvalue weighted by Crippen LogP contribution is 2.33. The first-order chi connectivity index (χ1) is 15.3. The Balaban J connectivity index is 1.52. The molecule has 6 heteroatoms. The minimum absolute atomic E-state index is 0.0337. The first-order valence-electron chi connectivity index (χ1n) is 10.9. The van der Waals surface area contributed by atoms with E-state index in [4.69, 9.17) is 0 Å². The standard InChI is InChI=1S/C26H28N2O3S/c1-4-27(32(30,31)24-15-9-19(2)10-16-24)18-21-11-13-22(14-12-21)26(29)28-20(3)17-23-7-5-6-8-25(23)28/h5-16,20H,4,17-18H2,1-3H3/t20-/m0/s1. The number of benzene rings is 3. The Morgan fingerprint density at radius 2 is 1.66 bits per heavy atom. The molecule has 0 aliphatic carbocycles. The molecule has 0 N–H and O–H groups in total. The number of hydrogen-bond acceptors (Lipinski definition) is 3. The van der Waals surface area contributed by atoms with Crippen LogP contribution in [0.2, 0.25) is 0 Å². The van der Waals surface area contributed by atoms with Crippen molar-refractivity contribution in [3.8, 4) is 0 Å². The molecular weight excluding hydrogens is 420 g/mol. The molecule has 32 heavy (non-hydrogen) atoms. The second-order valence-electron chi connectivity index (χ2n) is 8.30. The lowest BCUT2D eigenvalue weighted by molar-refractivity contribution is 0.0981. The minimum Gasteiger partial charge on any atom is -0.305 e. The fourth-order valence-electron chi connectivity index (χ4n) is 4.20. The maximum absolute atomic E-state index is 13.2. The van der Waals surface area contributed by atoms with Gasteiger partial charge in [0, 0.05) is 30.4 Å². The van der Waals surface area contributed by atoms with Crippen LogP contribution < -0.4 is 4.90 Å². The van der Waals surface area contributed by atoms with Crippen LogP contribution in [0.3, 0.4) is 0 Å². The molecule has 1 aliphatic heterocycles. The highest BCUT2D eigenvalue weighted by Gasteiger charge is 2.31. The summed E-state index contributed by atoms with van der Waals surface area (Å²) in [5, 5.41) is 0. The van der Waals surface area contributed by atoms with Crippen LogP contribution >= 0.6 is 0 Å². The van der Waals surface area contributed by atoms with Crippen LogP contribution in [-0.2, 0) is 23.0 Å². The van der Waals surface area contributed by atoms with Gasteiger partial charge in [0.2, 0.25) is 10.0 Å². The Morgan fingerprint density at radius 3 is 2.31 bits per heavy atom. The van der Waals surface area contributed by atoms with Gasteiger partial charge in [0.15, 0.2) is 0 Å². The Kier molecular flexibility index (Phi) is 6.17. The average molecular weight is 449 g/mol. The predicted octanol–water partition coefficient (Wildman–Crippen LogP) is 4.80. The molecule has 166 valence electrons. The first-order valence-corrected chi connectivity index (χ1v) is 12.3. The number of para-hydroxylation sites is 1. The lowest BCUT2D eigenvalue weighted by atomic mass is 10.1. The monoisotopic (exact) mass is 448 g/mol. The van der Waals surface area contributed by atoms with Crippen molar-refractivity contribution in [2.75, 3.05) is 11.4 Å². The number of fused-ring (bicyclic) bond motifs is 1. The SMILES string of the molecule is CCN(Cc1ccc(C(=O)N2c3ccccc3C[C@@H]2C)cc1)S(=O)(=O)c1ccc(C)cc1. The molecule has 5 nitrogen and oxygen atoms in total. The van der Waals surface area contributed by atoms with Crippen LogP contribution in [0.15, 0.2) is 77.7 Å². The molecule has 0 saturated carbocycles. The Morgan fingerprint density at radius 1 is 1.00 bits per heavy atom. The zero-order valence-corrected chi connectivity index (χ0v) is 19.5. The highest BCUT2D eigenvalue weighted by molar-refractivity contribution is 7.89. The van der Waals surface area contributed by atoms with E-state index >= 15 is 0 Å². The Hall–Kier alpha value is -2.96. The summed E-state index contributed by atoms with van der Waals surface area (Å²) in [6.45, 7) is 6.43. The summed E-state index contributed by atoms with van der Waals surface area (Å²) >= 11 is 0.